The molecule has 2 aromatic carbocycles. The molecular weight excluding hydrogens is 310 g/mol. The van der Waals surface area contributed by atoms with Crippen LogP contribution in [0.4, 0.5) is 5.95 Å². The van der Waals surface area contributed by atoms with Crippen LogP contribution in [-0.4, -0.2) is 22.6 Å². The lowest BCUT2D eigenvalue weighted by molar-refractivity contribution is 0.787. The fourth-order valence-electron chi connectivity index (χ4n) is 2.69. The molecule has 3 rings (SSSR count). The molecule has 0 aliphatic carbocycles. The normalized spacial score (nSPS) is 10.9. The molecule has 0 spiro atoms. The molecule has 1 aromatic heterocycles. The number of hydrogen-bond acceptors (Lipinski definition) is 3. The van der Waals surface area contributed by atoms with Gasteiger partial charge < -0.3 is 4.90 Å². The molecule has 0 atom stereocenters. The van der Waals surface area contributed by atoms with E-state index >= 15 is 0 Å². The third-order valence-corrected chi connectivity index (χ3v) is 4.11. The van der Waals surface area contributed by atoms with Crippen LogP contribution < -0.4 is 10.5 Å². The van der Waals surface area contributed by atoms with Gasteiger partial charge in [0.15, 0.2) is 0 Å². The van der Waals surface area contributed by atoms with Gasteiger partial charge in [-0.2, -0.15) is 0 Å². The maximum Gasteiger partial charge on any atom is 0.267 e. The van der Waals surface area contributed by atoms with Crippen LogP contribution in [0, 0.1) is 0 Å². The topological polar surface area (TPSA) is 38.1 Å². The van der Waals surface area contributed by atoms with Gasteiger partial charge in [-0.25, -0.2) is 9.55 Å². The van der Waals surface area contributed by atoms with Crippen molar-refractivity contribution in [2.45, 2.75) is 13.8 Å². The second kappa shape index (κ2) is 6.42. The highest BCUT2D eigenvalue weighted by atomic mass is 35.5. The van der Waals surface area contributed by atoms with Crippen molar-refractivity contribution in [2.24, 2.45) is 0 Å². The molecule has 1 heterocycles. The molecule has 23 heavy (non-hydrogen) atoms. The van der Waals surface area contributed by atoms with Gasteiger partial charge in [-0.05, 0) is 44.2 Å². The molecule has 0 aliphatic rings. The Bertz CT molecular complexity index is 900. The van der Waals surface area contributed by atoms with Crippen LogP contribution in [0.1, 0.15) is 13.8 Å². The number of nitrogens with zero attached hydrogens (tertiary/aromatic N) is 3. The lowest BCUT2D eigenvalue weighted by atomic mass is 10.2. The van der Waals surface area contributed by atoms with Crippen molar-refractivity contribution in [3.63, 3.8) is 0 Å². The Morgan fingerprint density at radius 3 is 2.52 bits per heavy atom. The van der Waals surface area contributed by atoms with Crippen molar-refractivity contribution in [3.8, 4) is 5.69 Å². The molecule has 0 fully saturated rings. The Morgan fingerprint density at radius 1 is 1.09 bits per heavy atom. The predicted molar refractivity (Wildman–Crippen MR) is 95.9 cm³/mol. The van der Waals surface area contributed by atoms with Gasteiger partial charge in [0.1, 0.15) is 0 Å². The Labute approximate surface area is 140 Å². The molecule has 0 saturated heterocycles. The molecule has 3 aromatic rings. The lowest BCUT2D eigenvalue weighted by Gasteiger charge is -2.24. The summed E-state index contributed by atoms with van der Waals surface area (Å²) >= 11 is 6.12. The van der Waals surface area contributed by atoms with E-state index in [4.69, 9.17) is 16.6 Å². The summed E-state index contributed by atoms with van der Waals surface area (Å²) in [7, 11) is 0. The van der Waals surface area contributed by atoms with Gasteiger partial charge in [0, 0.05) is 18.1 Å². The van der Waals surface area contributed by atoms with E-state index in [9.17, 15) is 4.79 Å². The monoisotopic (exact) mass is 327 g/mol. The second-order valence-electron chi connectivity index (χ2n) is 5.22. The van der Waals surface area contributed by atoms with Crippen LogP contribution in [0.2, 0.25) is 5.02 Å². The SMILES string of the molecule is CCN(CC)c1nc2ccccc2c(=O)n1-c1cccc(Cl)c1. The number of aromatic nitrogens is 2. The summed E-state index contributed by atoms with van der Waals surface area (Å²) in [5.74, 6) is 0.640. The average Bonchev–Trinajstić information content (AvgIpc) is 2.56. The highest BCUT2D eigenvalue weighted by Crippen LogP contribution is 2.21. The molecule has 0 amide bonds. The quantitative estimate of drug-likeness (QED) is 0.729. The Balaban J connectivity index is 2.39. The minimum atomic E-state index is -0.0835. The van der Waals surface area contributed by atoms with Gasteiger partial charge in [-0.1, -0.05) is 29.8 Å². The number of benzene rings is 2. The summed E-state index contributed by atoms with van der Waals surface area (Å²) in [5.41, 5.74) is 1.35. The van der Waals surface area contributed by atoms with Crippen LogP contribution in [0.25, 0.3) is 16.6 Å². The summed E-state index contributed by atoms with van der Waals surface area (Å²) in [5, 5.41) is 1.19. The number of para-hydroxylation sites is 1. The largest absolute Gasteiger partial charge is 0.342 e. The number of anilines is 1. The maximum absolute atomic E-state index is 13.1. The van der Waals surface area contributed by atoms with E-state index in [0.29, 0.717) is 21.9 Å². The Kier molecular flexibility index (Phi) is 4.35. The van der Waals surface area contributed by atoms with E-state index in [1.807, 2.05) is 44.2 Å². The highest BCUT2D eigenvalue weighted by Gasteiger charge is 2.16. The van der Waals surface area contributed by atoms with E-state index in [1.165, 1.54) is 0 Å². The number of hydrogen-bond donors (Lipinski definition) is 0. The summed E-state index contributed by atoms with van der Waals surface area (Å²) in [6.07, 6.45) is 0. The van der Waals surface area contributed by atoms with E-state index in [2.05, 4.69) is 4.90 Å². The molecule has 5 heteroatoms. The van der Waals surface area contributed by atoms with E-state index < -0.39 is 0 Å². The molecule has 0 saturated carbocycles. The van der Waals surface area contributed by atoms with E-state index in [1.54, 1.807) is 22.8 Å². The standard InChI is InChI=1S/C18H18ClN3O/c1-3-21(4-2)18-20-16-11-6-5-10-15(16)17(23)22(18)14-9-7-8-13(19)12-14/h5-12H,3-4H2,1-2H3. The zero-order valence-corrected chi connectivity index (χ0v) is 13.9. The minimum Gasteiger partial charge on any atom is -0.342 e. The lowest BCUT2D eigenvalue weighted by Crippen LogP contribution is -2.32. The van der Waals surface area contributed by atoms with E-state index in [0.717, 1.165) is 18.8 Å². The van der Waals surface area contributed by atoms with Gasteiger partial charge in [-0.3, -0.25) is 4.79 Å². The van der Waals surface area contributed by atoms with Gasteiger partial charge in [-0.15, -0.1) is 0 Å². The third-order valence-electron chi connectivity index (χ3n) is 3.87. The summed E-state index contributed by atoms with van der Waals surface area (Å²) in [6.45, 7) is 5.63. The molecular formula is C18H18ClN3O. The molecule has 0 radical (unpaired) electrons. The fourth-order valence-corrected chi connectivity index (χ4v) is 2.87. The van der Waals surface area contributed by atoms with Crippen molar-refractivity contribution in [3.05, 3.63) is 63.9 Å². The molecule has 0 bridgehead atoms. The van der Waals surface area contributed by atoms with Crippen molar-refractivity contribution < 1.29 is 0 Å². The van der Waals surface area contributed by atoms with Crippen molar-refractivity contribution >= 4 is 28.5 Å². The second-order valence-corrected chi connectivity index (χ2v) is 5.66. The first-order valence-corrected chi connectivity index (χ1v) is 8.06. The van der Waals surface area contributed by atoms with E-state index in [-0.39, 0.29) is 5.56 Å². The first-order valence-electron chi connectivity index (χ1n) is 7.68. The maximum atomic E-state index is 13.1. The molecule has 4 nitrogen and oxygen atoms in total. The van der Waals surface area contributed by atoms with Crippen molar-refractivity contribution in [1.29, 1.82) is 0 Å². The Morgan fingerprint density at radius 2 is 1.83 bits per heavy atom. The molecule has 0 N–H and O–H groups in total. The van der Waals surface area contributed by atoms with Gasteiger partial charge in [0.25, 0.3) is 5.56 Å². The predicted octanol–water partition coefficient (Wildman–Crippen LogP) is 3.89. The minimum absolute atomic E-state index is 0.0835. The van der Waals surface area contributed by atoms with Gasteiger partial charge in [0.05, 0.1) is 16.6 Å². The molecule has 0 unspecified atom stereocenters. The van der Waals surface area contributed by atoms with Crippen LogP contribution in [0.3, 0.4) is 0 Å². The van der Waals surface area contributed by atoms with Crippen LogP contribution in [0.15, 0.2) is 53.3 Å². The first-order chi connectivity index (χ1) is 11.2. The number of halogens is 1. The van der Waals surface area contributed by atoms with Crippen LogP contribution in [0.5, 0.6) is 0 Å². The van der Waals surface area contributed by atoms with Gasteiger partial charge in [0.2, 0.25) is 5.95 Å². The highest BCUT2D eigenvalue weighted by molar-refractivity contribution is 6.30. The van der Waals surface area contributed by atoms with Gasteiger partial charge >= 0.3 is 0 Å². The van der Waals surface area contributed by atoms with Crippen molar-refractivity contribution in [1.82, 2.24) is 9.55 Å². The summed E-state index contributed by atoms with van der Waals surface area (Å²) < 4.78 is 1.64. The summed E-state index contributed by atoms with van der Waals surface area (Å²) in [6, 6.07) is 14.7. The van der Waals surface area contributed by atoms with Crippen LogP contribution >= 0.6 is 11.6 Å². The fraction of sp³-hybridized carbons (Fsp3) is 0.222. The Hall–Kier alpha value is -2.33. The number of fused-ring (bicyclic) bond motifs is 1. The zero-order chi connectivity index (χ0) is 16.4. The van der Waals surface area contributed by atoms with Crippen molar-refractivity contribution in [2.75, 3.05) is 18.0 Å². The zero-order valence-electron chi connectivity index (χ0n) is 13.2. The number of rotatable bonds is 4. The summed E-state index contributed by atoms with van der Waals surface area (Å²) in [4.78, 5) is 19.8. The molecule has 0 aliphatic heterocycles. The smallest absolute Gasteiger partial charge is 0.267 e. The third kappa shape index (κ3) is 2.82. The first kappa shape index (κ1) is 15.6. The van der Waals surface area contributed by atoms with Crippen LogP contribution in [-0.2, 0) is 0 Å². The molecule has 118 valence electrons. The average molecular weight is 328 g/mol.